The highest BCUT2D eigenvalue weighted by molar-refractivity contribution is 5.34. The lowest BCUT2D eigenvalue weighted by molar-refractivity contribution is -0.384. The Hall–Kier alpha value is -1.50. The van der Waals surface area contributed by atoms with Gasteiger partial charge in [0.15, 0.2) is 0 Å². The molecule has 98 valence electrons. The number of aliphatic hydroxyl groups excluding tert-OH is 1. The van der Waals surface area contributed by atoms with Gasteiger partial charge in [-0.15, -0.1) is 0 Å². The summed E-state index contributed by atoms with van der Waals surface area (Å²) in [4.78, 5) is 12.4. The molecule has 0 spiro atoms. The number of nitro benzene ring substituents is 1. The summed E-state index contributed by atoms with van der Waals surface area (Å²) in [5.41, 5.74) is 1.00. The van der Waals surface area contributed by atoms with Gasteiger partial charge in [0.1, 0.15) is 0 Å². The molecule has 0 amide bonds. The van der Waals surface area contributed by atoms with Crippen molar-refractivity contribution in [2.45, 2.75) is 6.04 Å². The molecule has 1 fully saturated rings. The fourth-order valence-corrected chi connectivity index (χ4v) is 2.24. The lowest BCUT2D eigenvalue weighted by Crippen LogP contribution is -2.46. The highest BCUT2D eigenvalue weighted by atomic mass is 16.6. The van der Waals surface area contributed by atoms with Gasteiger partial charge in [-0.25, -0.2) is 0 Å². The highest BCUT2D eigenvalue weighted by Gasteiger charge is 2.21. The van der Waals surface area contributed by atoms with E-state index in [1.807, 2.05) is 0 Å². The summed E-state index contributed by atoms with van der Waals surface area (Å²) < 4.78 is 0. The fourth-order valence-electron chi connectivity index (χ4n) is 2.24. The topological polar surface area (TPSA) is 78.6 Å². The van der Waals surface area contributed by atoms with E-state index in [4.69, 9.17) is 0 Å². The first-order chi connectivity index (χ1) is 8.72. The van der Waals surface area contributed by atoms with E-state index in [2.05, 4.69) is 10.2 Å². The Morgan fingerprint density at radius 3 is 2.44 bits per heavy atom. The predicted octanol–water partition coefficient (Wildman–Crippen LogP) is 0.533. The minimum atomic E-state index is -0.414. The van der Waals surface area contributed by atoms with E-state index >= 15 is 0 Å². The first-order valence-corrected chi connectivity index (χ1v) is 6.02. The number of rotatable bonds is 4. The van der Waals surface area contributed by atoms with Crippen molar-refractivity contribution in [2.75, 3.05) is 32.8 Å². The molecule has 6 heteroatoms. The summed E-state index contributed by atoms with van der Waals surface area (Å²) in [6.45, 7) is 3.59. The number of nitrogens with zero attached hydrogens (tertiary/aromatic N) is 2. The van der Waals surface area contributed by atoms with E-state index in [1.54, 1.807) is 12.1 Å². The van der Waals surface area contributed by atoms with Crippen LogP contribution in [0, 0.1) is 10.1 Å². The first-order valence-electron chi connectivity index (χ1n) is 6.02. The van der Waals surface area contributed by atoms with E-state index in [1.165, 1.54) is 12.1 Å². The number of hydrogen-bond acceptors (Lipinski definition) is 5. The van der Waals surface area contributed by atoms with Crippen molar-refractivity contribution < 1.29 is 10.0 Å². The number of nitrogens with one attached hydrogen (secondary N) is 1. The molecular weight excluding hydrogens is 234 g/mol. The molecule has 1 aliphatic rings. The molecule has 2 rings (SSSR count). The van der Waals surface area contributed by atoms with Gasteiger partial charge in [0.25, 0.3) is 5.69 Å². The molecule has 2 N–H and O–H groups in total. The van der Waals surface area contributed by atoms with Gasteiger partial charge >= 0.3 is 0 Å². The van der Waals surface area contributed by atoms with Gasteiger partial charge in [0.2, 0.25) is 0 Å². The van der Waals surface area contributed by atoms with Crippen LogP contribution in [0.5, 0.6) is 0 Å². The summed E-state index contributed by atoms with van der Waals surface area (Å²) in [5.74, 6) is 0. The number of hydrogen-bond donors (Lipinski definition) is 2. The van der Waals surface area contributed by atoms with Crippen molar-refractivity contribution in [1.29, 1.82) is 0 Å². The molecule has 0 bridgehead atoms. The maximum absolute atomic E-state index is 10.6. The zero-order chi connectivity index (χ0) is 13.0. The number of aliphatic hydroxyl groups is 1. The molecule has 1 saturated heterocycles. The van der Waals surface area contributed by atoms with Crippen LogP contribution in [-0.2, 0) is 0 Å². The maximum atomic E-state index is 10.6. The van der Waals surface area contributed by atoms with E-state index < -0.39 is 4.92 Å². The Morgan fingerprint density at radius 1 is 1.33 bits per heavy atom. The summed E-state index contributed by atoms with van der Waals surface area (Å²) in [6.07, 6.45) is 0. The predicted molar refractivity (Wildman–Crippen MR) is 67.4 cm³/mol. The molecule has 1 aliphatic heterocycles. The minimum Gasteiger partial charge on any atom is -0.394 e. The van der Waals surface area contributed by atoms with Crippen LogP contribution >= 0.6 is 0 Å². The lowest BCUT2D eigenvalue weighted by Gasteiger charge is -2.34. The first kappa shape index (κ1) is 12.9. The monoisotopic (exact) mass is 251 g/mol. The molecule has 0 radical (unpaired) electrons. The van der Waals surface area contributed by atoms with E-state index in [9.17, 15) is 15.2 Å². The molecule has 1 aromatic rings. The smallest absolute Gasteiger partial charge is 0.269 e. The van der Waals surface area contributed by atoms with Gasteiger partial charge in [0.05, 0.1) is 17.6 Å². The number of piperazine rings is 1. The fraction of sp³-hybridized carbons (Fsp3) is 0.500. The van der Waals surface area contributed by atoms with Crippen LogP contribution in [0.4, 0.5) is 5.69 Å². The van der Waals surface area contributed by atoms with Gasteiger partial charge in [-0.3, -0.25) is 15.0 Å². The van der Waals surface area contributed by atoms with Crippen molar-refractivity contribution in [3.63, 3.8) is 0 Å². The average molecular weight is 251 g/mol. The van der Waals surface area contributed by atoms with Crippen LogP contribution in [0.25, 0.3) is 0 Å². The molecule has 6 nitrogen and oxygen atoms in total. The van der Waals surface area contributed by atoms with Crippen LogP contribution in [0.15, 0.2) is 24.3 Å². The second-order valence-electron chi connectivity index (χ2n) is 4.33. The van der Waals surface area contributed by atoms with Crippen LogP contribution < -0.4 is 5.32 Å². The summed E-state index contributed by atoms with van der Waals surface area (Å²) in [7, 11) is 0. The number of nitro groups is 1. The van der Waals surface area contributed by atoms with E-state index in [0.29, 0.717) is 0 Å². The summed E-state index contributed by atoms with van der Waals surface area (Å²) >= 11 is 0. The third-order valence-corrected chi connectivity index (χ3v) is 3.25. The van der Waals surface area contributed by atoms with Crippen molar-refractivity contribution >= 4 is 5.69 Å². The minimum absolute atomic E-state index is 0.0256. The zero-order valence-corrected chi connectivity index (χ0v) is 10.1. The van der Waals surface area contributed by atoms with Gasteiger partial charge in [0, 0.05) is 38.3 Å². The maximum Gasteiger partial charge on any atom is 0.269 e. The molecule has 18 heavy (non-hydrogen) atoms. The molecule has 1 aromatic carbocycles. The number of benzene rings is 1. The highest BCUT2D eigenvalue weighted by Crippen LogP contribution is 2.22. The molecule has 1 atom stereocenters. The van der Waals surface area contributed by atoms with Gasteiger partial charge < -0.3 is 10.4 Å². The van der Waals surface area contributed by atoms with E-state index in [0.717, 1.165) is 31.7 Å². The largest absolute Gasteiger partial charge is 0.394 e. The van der Waals surface area contributed by atoms with Crippen molar-refractivity contribution in [3.8, 4) is 0 Å². The normalized spacial score (nSPS) is 18.5. The van der Waals surface area contributed by atoms with Crippen LogP contribution in [0.3, 0.4) is 0 Å². The zero-order valence-electron chi connectivity index (χ0n) is 10.1. The standard InChI is InChI=1S/C12H17N3O3/c16-9-12(14-7-5-13-6-8-14)10-1-3-11(4-2-10)15(17)18/h1-4,12-13,16H,5-9H2/t12-/m1/s1. The van der Waals surface area contributed by atoms with Crippen molar-refractivity contribution in [1.82, 2.24) is 10.2 Å². The van der Waals surface area contributed by atoms with Gasteiger partial charge in [-0.05, 0) is 5.56 Å². The SMILES string of the molecule is O=[N+]([O-])c1ccc([C@@H](CO)N2CCNCC2)cc1. The lowest BCUT2D eigenvalue weighted by atomic mass is 10.0. The second kappa shape index (κ2) is 5.90. The number of non-ortho nitro benzene ring substituents is 1. The van der Waals surface area contributed by atoms with Crippen molar-refractivity contribution in [2.24, 2.45) is 0 Å². The van der Waals surface area contributed by atoms with Crippen LogP contribution in [0.2, 0.25) is 0 Å². The quantitative estimate of drug-likeness (QED) is 0.603. The van der Waals surface area contributed by atoms with Gasteiger partial charge in [-0.2, -0.15) is 0 Å². The molecule has 0 aliphatic carbocycles. The molecule has 1 heterocycles. The Kier molecular flexibility index (Phi) is 4.24. The Morgan fingerprint density at radius 2 is 1.94 bits per heavy atom. The molecule has 0 saturated carbocycles. The van der Waals surface area contributed by atoms with Crippen LogP contribution in [0.1, 0.15) is 11.6 Å². The Labute approximate surface area is 105 Å². The van der Waals surface area contributed by atoms with Crippen molar-refractivity contribution in [3.05, 3.63) is 39.9 Å². The third kappa shape index (κ3) is 2.84. The molecular formula is C12H17N3O3. The molecule has 0 aromatic heterocycles. The average Bonchev–Trinajstić information content (AvgIpc) is 2.41. The Balaban J connectivity index is 2.13. The Bertz CT molecular complexity index is 402. The molecule has 0 unspecified atom stereocenters. The second-order valence-corrected chi connectivity index (χ2v) is 4.33. The summed E-state index contributed by atoms with van der Waals surface area (Å²) in [6, 6.07) is 6.34. The third-order valence-electron chi connectivity index (χ3n) is 3.25. The van der Waals surface area contributed by atoms with Crippen LogP contribution in [-0.4, -0.2) is 47.7 Å². The van der Waals surface area contributed by atoms with E-state index in [-0.39, 0.29) is 18.3 Å². The van der Waals surface area contributed by atoms with Gasteiger partial charge in [-0.1, -0.05) is 12.1 Å². The summed E-state index contributed by atoms with van der Waals surface area (Å²) in [5, 5.41) is 23.4.